The van der Waals surface area contributed by atoms with Crippen LogP contribution >= 0.6 is 0 Å². The van der Waals surface area contributed by atoms with Crippen LogP contribution < -0.4 is 0 Å². The Kier molecular flexibility index (Phi) is 3.19. The molecular weight excluding hydrogens is 138 g/mol. The summed E-state index contributed by atoms with van der Waals surface area (Å²) >= 11 is 0. The van der Waals surface area contributed by atoms with Crippen LogP contribution in [0.4, 0.5) is 0 Å². The molecule has 0 aliphatic heterocycles. The standard InChI is InChI=1S/C9H11NO/c1-2-10-11-8-9-6-4-3-5-7-9/h2-7H,8H2,1H3/b10-2+. The Balaban J connectivity index is 2.39. The van der Waals surface area contributed by atoms with Crippen LogP contribution in [0.15, 0.2) is 35.5 Å². The lowest BCUT2D eigenvalue weighted by Crippen LogP contribution is -1.84. The minimum Gasteiger partial charge on any atom is -0.391 e. The van der Waals surface area contributed by atoms with E-state index in [0.717, 1.165) is 5.56 Å². The van der Waals surface area contributed by atoms with E-state index in [1.807, 2.05) is 37.3 Å². The van der Waals surface area contributed by atoms with E-state index in [0.29, 0.717) is 6.61 Å². The van der Waals surface area contributed by atoms with Gasteiger partial charge < -0.3 is 4.84 Å². The Bertz CT molecular complexity index is 218. The molecule has 1 rings (SSSR count). The first-order chi connectivity index (χ1) is 5.43. The van der Waals surface area contributed by atoms with E-state index in [2.05, 4.69) is 5.16 Å². The van der Waals surface area contributed by atoms with E-state index in [-0.39, 0.29) is 0 Å². The van der Waals surface area contributed by atoms with Gasteiger partial charge in [-0.15, -0.1) is 0 Å². The molecule has 58 valence electrons. The summed E-state index contributed by atoms with van der Waals surface area (Å²) in [6, 6.07) is 9.95. The van der Waals surface area contributed by atoms with Gasteiger partial charge in [-0.25, -0.2) is 0 Å². The Morgan fingerprint density at radius 3 is 2.73 bits per heavy atom. The topological polar surface area (TPSA) is 21.6 Å². The van der Waals surface area contributed by atoms with Gasteiger partial charge in [0, 0.05) is 6.21 Å². The predicted molar refractivity (Wildman–Crippen MR) is 45.4 cm³/mol. The van der Waals surface area contributed by atoms with Crippen molar-refractivity contribution in [2.24, 2.45) is 5.16 Å². The molecule has 0 saturated heterocycles. The summed E-state index contributed by atoms with van der Waals surface area (Å²) in [5.41, 5.74) is 1.14. The molecule has 0 unspecified atom stereocenters. The first kappa shape index (κ1) is 7.79. The van der Waals surface area contributed by atoms with Crippen LogP contribution in [0.2, 0.25) is 0 Å². The third kappa shape index (κ3) is 2.85. The van der Waals surface area contributed by atoms with Crippen molar-refractivity contribution < 1.29 is 4.84 Å². The number of nitrogens with zero attached hydrogens (tertiary/aromatic N) is 1. The molecule has 1 aromatic carbocycles. The zero-order chi connectivity index (χ0) is 7.94. The molecule has 0 heterocycles. The lowest BCUT2D eigenvalue weighted by atomic mass is 10.2. The minimum absolute atomic E-state index is 0.547. The molecule has 0 amide bonds. The predicted octanol–water partition coefficient (Wildman–Crippen LogP) is 2.21. The number of hydrogen-bond acceptors (Lipinski definition) is 2. The van der Waals surface area contributed by atoms with Gasteiger partial charge >= 0.3 is 0 Å². The molecule has 0 aromatic heterocycles. The highest BCUT2D eigenvalue weighted by molar-refractivity contribution is 5.52. The van der Waals surface area contributed by atoms with Crippen LogP contribution in [-0.2, 0) is 11.4 Å². The summed E-state index contributed by atoms with van der Waals surface area (Å²) < 4.78 is 0. The van der Waals surface area contributed by atoms with Gasteiger partial charge in [-0.2, -0.15) is 0 Å². The molecule has 0 atom stereocenters. The summed E-state index contributed by atoms with van der Waals surface area (Å²) in [4.78, 5) is 4.94. The zero-order valence-electron chi connectivity index (χ0n) is 6.53. The molecule has 0 spiro atoms. The number of benzene rings is 1. The fourth-order valence-corrected chi connectivity index (χ4v) is 0.761. The maximum atomic E-state index is 4.94. The van der Waals surface area contributed by atoms with E-state index in [1.165, 1.54) is 0 Å². The van der Waals surface area contributed by atoms with Gasteiger partial charge in [0.15, 0.2) is 0 Å². The van der Waals surface area contributed by atoms with Gasteiger partial charge in [0.1, 0.15) is 6.61 Å². The summed E-state index contributed by atoms with van der Waals surface area (Å²) in [6.07, 6.45) is 1.63. The molecule has 1 aromatic rings. The fraction of sp³-hybridized carbons (Fsp3) is 0.222. The number of rotatable bonds is 3. The molecule has 0 aliphatic rings. The summed E-state index contributed by atoms with van der Waals surface area (Å²) in [5.74, 6) is 0. The summed E-state index contributed by atoms with van der Waals surface area (Å²) in [5, 5.41) is 3.64. The SMILES string of the molecule is C/C=N/OCc1ccccc1. The molecule has 11 heavy (non-hydrogen) atoms. The second-order valence-electron chi connectivity index (χ2n) is 2.12. The first-order valence-corrected chi connectivity index (χ1v) is 3.57. The first-order valence-electron chi connectivity index (χ1n) is 3.57. The molecule has 0 bridgehead atoms. The monoisotopic (exact) mass is 149 g/mol. The highest BCUT2D eigenvalue weighted by Crippen LogP contribution is 1.99. The smallest absolute Gasteiger partial charge is 0.142 e. The van der Waals surface area contributed by atoms with Gasteiger partial charge in [0.2, 0.25) is 0 Å². The molecule has 0 N–H and O–H groups in total. The number of oxime groups is 1. The summed E-state index contributed by atoms with van der Waals surface area (Å²) in [6.45, 7) is 2.37. The fourth-order valence-electron chi connectivity index (χ4n) is 0.761. The van der Waals surface area contributed by atoms with E-state index in [9.17, 15) is 0 Å². The van der Waals surface area contributed by atoms with Gasteiger partial charge in [0.25, 0.3) is 0 Å². The second-order valence-corrected chi connectivity index (χ2v) is 2.12. The van der Waals surface area contributed by atoms with Crippen molar-refractivity contribution in [2.75, 3.05) is 0 Å². The van der Waals surface area contributed by atoms with E-state index >= 15 is 0 Å². The van der Waals surface area contributed by atoms with Crippen LogP contribution in [-0.4, -0.2) is 6.21 Å². The minimum atomic E-state index is 0.547. The zero-order valence-corrected chi connectivity index (χ0v) is 6.53. The Morgan fingerprint density at radius 1 is 1.36 bits per heavy atom. The van der Waals surface area contributed by atoms with Crippen molar-refractivity contribution in [3.63, 3.8) is 0 Å². The van der Waals surface area contributed by atoms with Gasteiger partial charge in [-0.05, 0) is 12.5 Å². The van der Waals surface area contributed by atoms with Crippen molar-refractivity contribution >= 4 is 6.21 Å². The maximum absolute atomic E-state index is 4.94. The average Bonchev–Trinajstić information content (AvgIpc) is 2.07. The maximum Gasteiger partial charge on any atom is 0.142 e. The van der Waals surface area contributed by atoms with E-state index < -0.39 is 0 Å². The quantitative estimate of drug-likeness (QED) is 0.477. The Morgan fingerprint density at radius 2 is 2.09 bits per heavy atom. The van der Waals surface area contributed by atoms with E-state index in [1.54, 1.807) is 6.21 Å². The molecule has 2 heteroatoms. The molecule has 2 nitrogen and oxygen atoms in total. The third-order valence-electron chi connectivity index (χ3n) is 1.25. The van der Waals surface area contributed by atoms with Crippen molar-refractivity contribution in [2.45, 2.75) is 13.5 Å². The highest BCUT2D eigenvalue weighted by Gasteiger charge is 1.87. The largest absolute Gasteiger partial charge is 0.391 e. The molecule has 0 saturated carbocycles. The number of hydrogen-bond donors (Lipinski definition) is 0. The lowest BCUT2D eigenvalue weighted by molar-refractivity contribution is 0.132. The normalized spacial score (nSPS) is 10.3. The van der Waals surface area contributed by atoms with Crippen LogP contribution in [0.5, 0.6) is 0 Å². The molecule has 0 radical (unpaired) electrons. The lowest BCUT2D eigenvalue weighted by Gasteiger charge is -1.97. The van der Waals surface area contributed by atoms with Crippen LogP contribution in [0.25, 0.3) is 0 Å². The molecule has 0 fully saturated rings. The Hall–Kier alpha value is -1.31. The second kappa shape index (κ2) is 4.50. The van der Waals surface area contributed by atoms with Crippen LogP contribution in [0.3, 0.4) is 0 Å². The van der Waals surface area contributed by atoms with Crippen LogP contribution in [0.1, 0.15) is 12.5 Å². The van der Waals surface area contributed by atoms with Crippen molar-refractivity contribution in [1.82, 2.24) is 0 Å². The average molecular weight is 149 g/mol. The Labute approximate surface area is 66.5 Å². The van der Waals surface area contributed by atoms with Crippen molar-refractivity contribution in [1.29, 1.82) is 0 Å². The van der Waals surface area contributed by atoms with Crippen molar-refractivity contribution in [3.05, 3.63) is 35.9 Å². The molecule has 0 aliphatic carbocycles. The molecular formula is C9H11NO. The summed E-state index contributed by atoms with van der Waals surface area (Å²) in [7, 11) is 0. The highest BCUT2D eigenvalue weighted by atomic mass is 16.6. The van der Waals surface area contributed by atoms with Gasteiger partial charge in [0.05, 0.1) is 0 Å². The van der Waals surface area contributed by atoms with Crippen LogP contribution in [0, 0.1) is 0 Å². The van der Waals surface area contributed by atoms with Gasteiger partial charge in [-0.3, -0.25) is 0 Å². The van der Waals surface area contributed by atoms with Crippen molar-refractivity contribution in [3.8, 4) is 0 Å². The third-order valence-corrected chi connectivity index (χ3v) is 1.25. The van der Waals surface area contributed by atoms with Gasteiger partial charge in [-0.1, -0.05) is 35.5 Å². The van der Waals surface area contributed by atoms with E-state index in [4.69, 9.17) is 4.84 Å².